The molecule has 104 valence electrons. The standard InChI is InChI=1S/C11H14N2O3S3/c1-11(2,10-12-3-4-17-10)13-19(15,16)9-5-8(6-14)7-18-9/h3-5,7,13-14H,6H2,1-2H3. The summed E-state index contributed by atoms with van der Waals surface area (Å²) in [5, 5.41) is 13.1. The summed E-state index contributed by atoms with van der Waals surface area (Å²) in [5.74, 6) is 0. The summed E-state index contributed by atoms with van der Waals surface area (Å²) in [6, 6.07) is 1.48. The summed E-state index contributed by atoms with van der Waals surface area (Å²) in [4.78, 5) is 4.14. The molecule has 0 bridgehead atoms. The van der Waals surface area contributed by atoms with Crippen LogP contribution >= 0.6 is 22.7 Å². The van der Waals surface area contributed by atoms with E-state index in [1.54, 1.807) is 30.8 Å². The first kappa shape index (κ1) is 14.6. The molecule has 8 heteroatoms. The van der Waals surface area contributed by atoms with E-state index in [0.29, 0.717) is 10.6 Å². The van der Waals surface area contributed by atoms with Gasteiger partial charge in [-0.1, -0.05) is 0 Å². The molecular formula is C11H14N2O3S3. The number of aliphatic hydroxyl groups excluding tert-OH is 1. The van der Waals surface area contributed by atoms with E-state index in [2.05, 4.69) is 9.71 Å². The molecule has 0 saturated heterocycles. The van der Waals surface area contributed by atoms with Gasteiger partial charge in [0.2, 0.25) is 0 Å². The Hall–Kier alpha value is -0.800. The van der Waals surface area contributed by atoms with Crippen molar-refractivity contribution in [3.8, 4) is 0 Å². The third-order valence-corrected chi connectivity index (χ3v) is 6.67. The molecule has 0 spiro atoms. The first-order valence-corrected chi connectivity index (χ1v) is 8.71. The Bertz CT molecular complexity index is 645. The zero-order valence-corrected chi connectivity index (χ0v) is 12.9. The molecule has 0 fully saturated rings. The van der Waals surface area contributed by atoms with Crippen LogP contribution in [0, 0.1) is 0 Å². The topological polar surface area (TPSA) is 79.3 Å². The SMILES string of the molecule is CC(C)(NS(=O)(=O)c1cc(CO)cs1)c1nccs1. The second-order valence-corrected chi connectivity index (χ2v) is 8.21. The highest BCUT2D eigenvalue weighted by Crippen LogP contribution is 2.27. The lowest BCUT2D eigenvalue weighted by molar-refractivity contribution is 0.282. The molecule has 0 radical (unpaired) electrons. The second-order valence-electron chi connectivity index (χ2n) is 4.50. The predicted octanol–water partition coefficient (Wildman–Crippen LogP) is 1.91. The first-order chi connectivity index (χ1) is 8.85. The molecule has 2 heterocycles. The van der Waals surface area contributed by atoms with Crippen LogP contribution in [0.1, 0.15) is 24.4 Å². The van der Waals surface area contributed by atoms with Crippen LogP contribution in [0.15, 0.2) is 27.2 Å². The van der Waals surface area contributed by atoms with E-state index in [9.17, 15) is 8.42 Å². The van der Waals surface area contributed by atoms with Crippen molar-refractivity contribution >= 4 is 32.7 Å². The van der Waals surface area contributed by atoms with Crippen molar-refractivity contribution in [1.29, 1.82) is 0 Å². The van der Waals surface area contributed by atoms with Crippen LogP contribution in [0.2, 0.25) is 0 Å². The van der Waals surface area contributed by atoms with Crippen molar-refractivity contribution in [3.63, 3.8) is 0 Å². The van der Waals surface area contributed by atoms with E-state index in [1.807, 2.05) is 0 Å². The molecule has 0 aliphatic rings. The van der Waals surface area contributed by atoms with E-state index in [1.165, 1.54) is 17.4 Å². The molecule has 2 rings (SSSR count). The van der Waals surface area contributed by atoms with Gasteiger partial charge in [0.05, 0.1) is 12.1 Å². The van der Waals surface area contributed by atoms with Crippen LogP contribution in [-0.2, 0) is 22.2 Å². The summed E-state index contributed by atoms with van der Waals surface area (Å²) >= 11 is 2.49. The van der Waals surface area contributed by atoms with Crippen LogP contribution in [-0.4, -0.2) is 18.5 Å². The summed E-state index contributed by atoms with van der Waals surface area (Å²) in [7, 11) is -3.61. The van der Waals surface area contributed by atoms with Crippen molar-refractivity contribution in [3.05, 3.63) is 33.6 Å². The molecule has 2 N–H and O–H groups in total. The van der Waals surface area contributed by atoms with Crippen molar-refractivity contribution in [2.24, 2.45) is 0 Å². The highest BCUT2D eigenvalue weighted by molar-refractivity contribution is 7.91. The van der Waals surface area contributed by atoms with Crippen molar-refractivity contribution < 1.29 is 13.5 Å². The van der Waals surface area contributed by atoms with Gasteiger partial charge in [-0.2, -0.15) is 4.72 Å². The molecule has 5 nitrogen and oxygen atoms in total. The third kappa shape index (κ3) is 3.21. The number of sulfonamides is 1. The van der Waals surface area contributed by atoms with Gasteiger partial charge in [0.25, 0.3) is 10.0 Å². The largest absolute Gasteiger partial charge is 0.392 e. The Morgan fingerprint density at radius 1 is 1.42 bits per heavy atom. The van der Waals surface area contributed by atoms with E-state index >= 15 is 0 Å². The summed E-state index contributed by atoms with van der Waals surface area (Å²) < 4.78 is 27.4. The number of thiazole rings is 1. The van der Waals surface area contributed by atoms with Crippen LogP contribution < -0.4 is 4.72 Å². The Morgan fingerprint density at radius 3 is 2.68 bits per heavy atom. The number of aromatic nitrogens is 1. The fourth-order valence-electron chi connectivity index (χ4n) is 1.54. The van der Waals surface area contributed by atoms with Crippen molar-refractivity contribution in [2.45, 2.75) is 30.2 Å². The molecule has 0 aliphatic carbocycles. The molecule has 0 atom stereocenters. The minimum atomic E-state index is -3.61. The molecule has 0 aromatic carbocycles. The smallest absolute Gasteiger partial charge is 0.250 e. The summed E-state index contributed by atoms with van der Waals surface area (Å²) in [6.45, 7) is 3.37. The first-order valence-electron chi connectivity index (χ1n) is 5.47. The van der Waals surface area contributed by atoms with E-state index < -0.39 is 15.6 Å². The molecule has 2 aromatic rings. The molecule has 19 heavy (non-hydrogen) atoms. The average molecular weight is 318 g/mol. The molecule has 0 amide bonds. The van der Waals surface area contributed by atoms with Gasteiger partial charge in [-0.05, 0) is 30.9 Å². The fourth-order valence-corrected chi connectivity index (χ4v) is 4.90. The van der Waals surface area contributed by atoms with Gasteiger partial charge < -0.3 is 5.11 Å². The van der Waals surface area contributed by atoms with Crippen LogP contribution in [0.25, 0.3) is 0 Å². The van der Waals surface area contributed by atoms with Crippen LogP contribution in [0.3, 0.4) is 0 Å². The average Bonchev–Trinajstić information content (AvgIpc) is 2.99. The predicted molar refractivity (Wildman–Crippen MR) is 75.7 cm³/mol. The van der Waals surface area contributed by atoms with E-state index in [-0.39, 0.29) is 10.8 Å². The fraction of sp³-hybridized carbons (Fsp3) is 0.364. The quantitative estimate of drug-likeness (QED) is 0.882. The maximum Gasteiger partial charge on any atom is 0.250 e. The summed E-state index contributed by atoms with van der Waals surface area (Å²) in [5.41, 5.74) is -0.173. The van der Waals surface area contributed by atoms with Gasteiger partial charge in [-0.15, -0.1) is 22.7 Å². The molecule has 0 aliphatic heterocycles. The Kier molecular flexibility index (Phi) is 4.07. The lowest BCUT2D eigenvalue weighted by Gasteiger charge is -2.22. The highest BCUT2D eigenvalue weighted by atomic mass is 32.2. The van der Waals surface area contributed by atoms with Gasteiger partial charge in [0.1, 0.15) is 9.22 Å². The minimum absolute atomic E-state index is 0.165. The highest BCUT2D eigenvalue weighted by Gasteiger charge is 2.30. The number of aliphatic hydroxyl groups is 1. The zero-order chi connectivity index (χ0) is 14.1. The van der Waals surface area contributed by atoms with Crippen molar-refractivity contribution in [2.75, 3.05) is 0 Å². The van der Waals surface area contributed by atoms with Gasteiger partial charge in [-0.3, -0.25) is 0 Å². The number of rotatable bonds is 5. The van der Waals surface area contributed by atoms with Gasteiger partial charge in [-0.25, -0.2) is 13.4 Å². The van der Waals surface area contributed by atoms with E-state index in [0.717, 1.165) is 11.3 Å². The Morgan fingerprint density at radius 2 is 2.16 bits per heavy atom. The normalized spacial score (nSPS) is 12.8. The zero-order valence-electron chi connectivity index (χ0n) is 10.5. The Labute approximate surface area is 120 Å². The minimum Gasteiger partial charge on any atom is -0.392 e. The maximum absolute atomic E-state index is 12.3. The molecule has 2 aromatic heterocycles. The van der Waals surface area contributed by atoms with Gasteiger partial charge in [0.15, 0.2) is 0 Å². The maximum atomic E-state index is 12.3. The number of hydrogen-bond donors (Lipinski definition) is 2. The van der Waals surface area contributed by atoms with Crippen LogP contribution in [0.5, 0.6) is 0 Å². The van der Waals surface area contributed by atoms with Gasteiger partial charge in [0, 0.05) is 11.6 Å². The monoisotopic (exact) mass is 318 g/mol. The number of nitrogens with zero attached hydrogens (tertiary/aromatic N) is 1. The van der Waals surface area contributed by atoms with Crippen molar-refractivity contribution in [1.82, 2.24) is 9.71 Å². The number of hydrogen-bond acceptors (Lipinski definition) is 6. The van der Waals surface area contributed by atoms with E-state index in [4.69, 9.17) is 5.11 Å². The summed E-state index contributed by atoms with van der Waals surface area (Å²) in [6.07, 6.45) is 1.64. The Balaban J connectivity index is 2.26. The molecular weight excluding hydrogens is 304 g/mol. The lowest BCUT2D eigenvalue weighted by Crippen LogP contribution is -2.40. The molecule has 0 unspecified atom stereocenters. The van der Waals surface area contributed by atoms with Gasteiger partial charge >= 0.3 is 0 Å². The molecule has 0 saturated carbocycles. The van der Waals surface area contributed by atoms with Crippen LogP contribution in [0.4, 0.5) is 0 Å². The number of nitrogens with one attached hydrogen (secondary N) is 1. The lowest BCUT2D eigenvalue weighted by atomic mass is 10.1. The number of thiophene rings is 1. The third-order valence-electron chi connectivity index (χ3n) is 2.43. The second kappa shape index (κ2) is 5.29.